The number of fused-ring (bicyclic) bond motifs is 5. The van der Waals surface area contributed by atoms with Crippen LogP contribution in [0.4, 0.5) is 0 Å². The van der Waals surface area contributed by atoms with E-state index in [1.165, 1.54) is 32.1 Å². The van der Waals surface area contributed by atoms with Gasteiger partial charge in [-0.15, -0.1) is 0 Å². The van der Waals surface area contributed by atoms with E-state index >= 15 is 0 Å². The third-order valence-corrected chi connectivity index (χ3v) is 5.52. The van der Waals surface area contributed by atoms with Crippen LogP contribution in [0, 0.1) is 35.5 Å². The molecule has 3 fully saturated rings. The summed E-state index contributed by atoms with van der Waals surface area (Å²) in [6, 6.07) is 0. The van der Waals surface area contributed by atoms with Crippen LogP contribution < -0.4 is 0 Å². The highest BCUT2D eigenvalue weighted by atomic mass is 16.3. The quantitative estimate of drug-likeness (QED) is 0.755. The fraction of sp³-hybridized carbons (Fsp3) is 1.00. The number of rotatable bonds is 5. The Labute approximate surface area is 99.6 Å². The highest BCUT2D eigenvalue weighted by molar-refractivity contribution is 5.14. The summed E-state index contributed by atoms with van der Waals surface area (Å²) in [5.41, 5.74) is 0. The van der Waals surface area contributed by atoms with E-state index in [0.29, 0.717) is 0 Å². The Morgan fingerprint density at radius 2 is 1.69 bits per heavy atom. The lowest BCUT2D eigenvalue weighted by molar-refractivity contribution is 0.115. The molecule has 3 aliphatic rings. The van der Waals surface area contributed by atoms with Gasteiger partial charge in [0, 0.05) is 0 Å². The van der Waals surface area contributed by atoms with Gasteiger partial charge in [-0.2, -0.15) is 0 Å². The summed E-state index contributed by atoms with van der Waals surface area (Å²) in [4.78, 5) is 0. The van der Waals surface area contributed by atoms with Crippen LogP contribution >= 0.6 is 0 Å². The van der Waals surface area contributed by atoms with E-state index in [0.717, 1.165) is 41.9 Å². The summed E-state index contributed by atoms with van der Waals surface area (Å²) < 4.78 is 0. The Bertz CT molecular complexity index is 244. The van der Waals surface area contributed by atoms with Crippen molar-refractivity contribution in [2.24, 2.45) is 35.5 Å². The van der Waals surface area contributed by atoms with Crippen molar-refractivity contribution in [2.45, 2.75) is 58.5 Å². The van der Waals surface area contributed by atoms with Gasteiger partial charge in [0.1, 0.15) is 0 Å². The van der Waals surface area contributed by atoms with Crippen LogP contribution in [0.1, 0.15) is 52.4 Å². The van der Waals surface area contributed by atoms with Crippen LogP contribution in [0.5, 0.6) is 0 Å². The molecule has 1 nitrogen and oxygen atoms in total. The Balaban J connectivity index is 1.46. The Hall–Kier alpha value is -0.0400. The maximum atomic E-state index is 10.3. The van der Waals surface area contributed by atoms with Gasteiger partial charge in [-0.05, 0) is 61.2 Å². The van der Waals surface area contributed by atoms with Gasteiger partial charge in [0.05, 0.1) is 6.10 Å². The minimum absolute atomic E-state index is 0.0390. The van der Waals surface area contributed by atoms with E-state index in [9.17, 15) is 5.11 Å². The largest absolute Gasteiger partial charge is 0.393 e. The van der Waals surface area contributed by atoms with Gasteiger partial charge in [-0.3, -0.25) is 0 Å². The molecule has 0 aromatic carbocycles. The fourth-order valence-electron chi connectivity index (χ4n) is 4.83. The molecule has 16 heavy (non-hydrogen) atoms. The molecule has 0 aromatic rings. The number of hydrogen-bond donors (Lipinski definition) is 1. The molecule has 0 spiro atoms. The topological polar surface area (TPSA) is 20.2 Å². The van der Waals surface area contributed by atoms with Crippen LogP contribution in [0.3, 0.4) is 0 Å². The molecule has 3 rings (SSSR count). The van der Waals surface area contributed by atoms with Crippen molar-refractivity contribution in [1.29, 1.82) is 0 Å². The van der Waals surface area contributed by atoms with Crippen molar-refractivity contribution in [3.8, 4) is 0 Å². The normalized spacial score (nSPS) is 46.1. The van der Waals surface area contributed by atoms with Crippen LogP contribution in [0.25, 0.3) is 0 Å². The van der Waals surface area contributed by atoms with Gasteiger partial charge in [0.25, 0.3) is 0 Å². The van der Waals surface area contributed by atoms with E-state index in [-0.39, 0.29) is 6.10 Å². The molecule has 0 aromatic heterocycles. The van der Waals surface area contributed by atoms with Crippen molar-refractivity contribution < 1.29 is 5.11 Å². The maximum Gasteiger partial charge on any atom is 0.0574 e. The average molecular weight is 222 g/mol. The SMILES string of the molecule is CC(C)CCCC(O)C1C2C3CCC(C3)C12. The second-order valence-electron chi connectivity index (χ2n) is 6.96. The molecule has 0 amide bonds. The fourth-order valence-corrected chi connectivity index (χ4v) is 4.83. The second-order valence-corrected chi connectivity index (χ2v) is 6.96. The first-order chi connectivity index (χ1) is 7.68. The summed E-state index contributed by atoms with van der Waals surface area (Å²) in [5.74, 6) is 5.44. The van der Waals surface area contributed by atoms with E-state index in [1.54, 1.807) is 0 Å². The predicted molar refractivity (Wildman–Crippen MR) is 66.0 cm³/mol. The molecule has 0 radical (unpaired) electrons. The Kier molecular flexibility index (Phi) is 2.78. The number of hydrogen-bond acceptors (Lipinski definition) is 1. The summed E-state index contributed by atoms with van der Waals surface area (Å²) in [6.07, 6.45) is 8.06. The van der Waals surface area contributed by atoms with Gasteiger partial charge in [-0.25, -0.2) is 0 Å². The van der Waals surface area contributed by atoms with Crippen molar-refractivity contribution in [3.05, 3.63) is 0 Å². The molecule has 3 saturated carbocycles. The molecule has 2 bridgehead atoms. The zero-order valence-corrected chi connectivity index (χ0v) is 10.7. The maximum absolute atomic E-state index is 10.3. The molecule has 0 aliphatic heterocycles. The summed E-state index contributed by atoms with van der Waals surface area (Å²) in [6.45, 7) is 4.55. The minimum Gasteiger partial charge on any atom is -0.393 e. The van der Waals surface area contributed by atoms with Gasteiger partial charge in [-0.1, -0.05) is 26.7 Å². The van der Waals surface area contributed by atoms with Gasteiger partial charge < -0.3 is 5.11 Å². The van der Waals surface area contributed by atoms with Crippen LogP contribution in [0.2, 0.25) is 0 Å². The molecular weight excluding hydrogens is 196 g/mol. The van der Waals surface area contributed by atoms with Crippen LogP contribution in [-0.4, -0.2) is 11.2 Å². The lowest BCUT2D eigenvalue weighted by Gasteiger charge is -2.15. The van der Waals surface area contributed by atoms with Crippen LogP contribution in [-0.2, 0) is 0 Å². The lowest BCUT2D eigenvalue weighted by atomic mass is 9.95. The van der Waals surface area contributed by atoms with Crippen molar-refractivity contribution in [3.63, 3.8) is 0 Å². The van der Waals surface area contributed by atoms with Gasteiger partial charge >= 0.3 is 0 Å². The smallest absolute Gasteiger partial charge is 0.0574 e. The average Bonchev–Trinajstić information content (AvgIpc) is 2.68. The lowest BCUT2D eigenvalue weighted by Crippen LogP contribution is -2.15. The van der Waals surface area contributed by atoms with Crippen molar-refractivity contribution >= 4 is 0 Å². The molecule has 0 saturated heterocycles. The molecule has 1 N–H and O–H groups in total. The molecule has 5 atom stereocenters. The van der Waals surface area contributed by atoms with Gasteiger partial charge in [0.2, 0.25) is 0 Å². The third kappa shape index (κ3) is 1.72. The Morgan fingerprint density at radius 3 is 2.25 bits per heavy atom. The highest BCUT2D eigenvalue weighted by Gasteiger charge is 2.66. The molecule has 0 heterocycles. The zero-order chi connectivity index (χ0) is 11.3. The molecular formula is C15H26O. The van der Waals surface area contributed by atoms with Crippen LogP contribution in [0.15, 0.2) is 0 Å². The van der Waals surface area contributed by atoms with Crippen molar-refractivity contribution in [2.75, 3.05) is 0 Å². The standard InChI is InChI=1S/C15H26O/c1-9(2)4-3-5-12(16)15-13-10-6-7-11(8-10)14(13)15/h9-16H,3-8H2,1-2H3. The first-order valence-electron chi connectivity index (χ1n) is 7.36. The summed E-state index contributed by atoms with van der Waals surface area (Å²) in [7, 11) is 0. The van der Waals surface area contributed by atoms with Crippen molar-refractivity contribution in [1.82, 2.24) is 0 Å². The number of aliphatic hydroxyl groups is 1. The predicted octanol–water partition coefficient (Wildman–Crippen LogP) is 3.47. The molecule has 92 valence electrons. The zero-order valence-electron chi connectivity index (χ0n) is 10.7. The van der Waals surface area contributed by atoms with E-state index < -0.39 is 0 Å². The second kappa shape index (κ2) is 4.01. The molecule has 1 heteroatoms. The van der Waals surface area contributed by atoms with Gasteiger partial charge in [0.15, 0.2) is 0 Å². The van der Waals surface area contributed by atoms with E-state index in [1.807, 2.05) is 0 Å². The third-order valence-electron chi connectivity index (χ3n) is 5.52. The number of aliphatic hydroxyl groups excluding tert-OH is 1. The van der Waals surface area contributed by atoms with E-state index in [2.05, 4.69) is 13.8 Å². The first kappa shape index (κ1) is 11.1. The Morgan fingerprint density at radius 1 is 1.06 bits per heavy atom. The highest BCUT2D eigenvalue weighted by Crippen LogP contribution is 2.70. The summed E-state index contributed by atoms with van der Waals surface area (Å²) in [5, 5.41) is 10.3. The van der Waals surface area contributed by atoms with E-state index in [4.69, 9.17) is 0 Å². The molecule has 5 unspecified atom stereocenters. The molecule has 3 aliphatic carbocycles. The first-order valence-corrected chi connectivity index (χ1v) is 7.36. The monoisotopic (exact) mass is 222 g/mol. The minimum atomic E-state index is 0.0390. The summed E-state index contributed by atoms with van der Waals surface area (Å²) >= 11 is 0.